The number of amides is 2. The Kier molecular flexibility index (Phi) is 9.86. The first-order chi connectivity index (χ1) is 19.9. The Labute approximate surface area is 239 Å². The largest absolute Gasteiger partial charge is 0.479 e. The Balaban J connectivity index is 1.37. The van der Waals surface area contributed by atoms with Crippen LogP contribution in [-0.2, 0) is 38.9 Å². The van der Waals surface area contributed by atoms with Gasteiger partial charge in [0.15, 0.2) is 24.8 Å². The van der Waals surface area contributed by atoms with Crippen LogP contribution in [0, 0.1) is 0 Å². The molecule has 1 aromatic carbocycles. The van der Waals surface area contributed by atoms with Gasteiger partial charge in [-0.05, 0) is 19.1 Å². The highest BCUT2D eigenvalue weighted by atomic mass is 16.7. The van der Waals surface area contributed by atoms with Gasteiger partial charge in [0.1, 0.15) is 36.6 Å². The van der Waals surface area contributed by atoms with Crippen LogP contribution >= 0.6 is 0 Å². The minimum atomic E-state index is -1.87. The van der Waals surface area contributed by atoms with E-state index >= 15 is 0 Å². The molecule has 0 saturated carbocycles. The maximum absolute atomic E-state index is 13.1. The Hall–Kier alpha value is -3.13. The highest BCUT2D eigenvalue weighted by Gasteiger charge is 2.54. The van der Waals surface area contributed by atoms with Gasteiger partial charge in [0, 0.05) is 38.4 Å². The predicted octanol–water partition coefficient (Wildman–Crippen LogP) is -2.80. The average molecular weight is 599 g/mol. The van der Waals surface area contributed by atoms with Crippen LogP contribution in [-0.4, -0.2) is 132 Å². The van der Waals surface area contributed by atoms with Crippen molar-refractivity contribution in [2.45, 2.75) is 74.0 Å². The summed E-state index contributed by atoms with van der Waals surface area (Å²) in [5, 5.41) is 64.5. The molecule has 7 N–H and O–H groups in total. The van der Waals surface area contributed by atoms with Crippen molar-refractivity contribution in [1.29, 1.82) is 0 Å². The van der Waals surface area contributed by atoms with Crippen LogP contribution < -0.4 is 10.6 Å². The fourth-order valence-corrected chi connectivity index (χ4v) is 4.65. The van der Waals surface area contributed by atoms with Crippen molar-refractivity contribution in [3.05, 3.63) is 35.4 Å². The maximum atomic E-state index is 13.1. The quantitative estimate of drug-likeness (QED) is 0.127. The lowest BCUT2D eigenvalue weighted by atomic mass is 9.96. The molecule has 42 heavy (non-hydrogen) atoms. The Morgan fingerprint density at radius 3 is 1.98 bits per heavy atom. The second-order valence-corrected chi connectivity index (χ2v) is 10.0. The van der Waals surface area contributed by atoms with Gasteiger partial charge in [0.25, 0.3) is 11.8 Å². The van der Waals surface area contributed by atoms with Crippen molar-refractivity contribution in [1.82, 2.24) is 10.6 Å². The molecule has 0 spiro atoms. The minimum absolute atomic E-state index is 0.00117. The molecule has 0 aromatic heterocycles. The number of aliphatic carboxylic acids is 1. The summed E-state index contributed by atoms with van der Waals surface area (Å²) < 4.78 is 26.2. The van der Waals surface area contributed by atoms with Gasteiger partial charge in [-0.15, -0.1) is 0 Å². The van der Waals surface area contributed by atoms with E-state index in [0.29, 0.717) is 5.56 Å². The third-order valence-corrected chi connectivity index (χ3v) is 7.19. The summed E-state index contributed by atoms with van der Waals surface area (Å²) >= 11 is 0. The molecule has 2 fully saturated rings. The molecule has 3 aliphatic heterocycles. The number of carboxylic acids is 1. The Morgan fingerprint density at radius 2 is 1.40 bits per heavy atom. The van der Waals surface area contributed by atoms with Gasteiger partial charge in [0.2, 0.25) is 5.66 Å². The third kappa shape index (κ3) is 6.59. The first-order valence-corrected chi connectivity index (χ1v) is 13.0. The maximum Gasteiger partial charge on any atom is 0.335 e. The first kappa shape index (κ1) is 31.8. The van der Waals surface area contributed by atoms with Crippen molar-refractivity contribution in [3.8, 4) is 0 Å². The summed E-state index contributed by atoms with van der Waals surface area (Å²) in [6.45, 7) is 1.75. The number of nitrogens with zero attached hydrogens (tertiary/aromatic N) is 2. The lowest BCUT2D eigenvalue weighted by molar-refractivity contribution is -0.348. The van der Waals surface area contributed by atoms with E-state index in [1.807, 2.05) is 6.92 Å². The minimum Gasteiger partial charge on any atom is -0.479 e. The van der Waals surface area contributed by atoms with E-state index in [0.717, 1.165) is 12.7 Å². The van der Waals surface area contributed by atoms with E-state index in [-0.39, 0.29) is 13.1 Å². The smallest absolute Gasteiger partial charge is 0.335 e. The van der Waals surface area contributed by atoms with Crippen LogP contribution in [0.15, 0.2) is 34.5 Å². The molecular formula is C25H34N4O13. The molecule has 4 rings (SSSR count). The van der Waals surface area contributed by atoms with Crippen LogP contribution in [0.25, 0.3) is 0 Å². The summed E-state index contributed by atoms with van der Waals surface area (Å²) in [7, 11) is 2.28. The van der Waals surface area contributed by atoms with Gasteiger partial charge in [-0.25, -0.2) is 4.79 Å². The average Bonchev–Trinajstić information content (AvgIpc) is 3.73. The molecule has 17 nitrogen and oxygen atoms in total. The normalized spacial score (nSPS) is 35.3. The molecule has 0 aliphatic carbocycles. The predicted molar refractivity (Wildman–Crippen MR) is 136 cm³/mol. The van der Waals surface area contributed by atoms with Crippen LogP contribution in [0.4, 0.5) is 0 Å². The van der Waals surface area contributed by atoms with Gasteiger partial charge in [-0.1, -0.05) is 12.1 Å². The fourth-order valence-electron chi connectivity index (χ4n) is 4.65. The molecule has 0 bridgehead atoms. The van der Waals surface area contributed by atoms with E-state index in [4.69, 9.17) is 23.7 Å². The molecule has 3 aliphatic rings. The number of nitrogens with one attached hydrogen (secondary N) is 2. The molecule has 0 radical (unpaired) electrons. The first-order valence-electron chi connectivity index (χ1n) is 13.0. The lowest BCUT2D eigenvalue weighted by Crippen LogP contribution is -2.66. The standard InChI is InChI=1S/C25H34N4O13/c1-25(28-29-25)11-6-4-10(5-7-11)20(34)26-8-9-27-21(35)18-17(13(31)14(32)23(39-3)41-18)40-24-15(33)12(30)16(38-2)19(42-24)22(36)37/h4-7,12-19,23-24,30-33H,8-9H2,1-3H3,(H,26,34)(H,27,35)(H,36,37). The van der Waals surface area contributed by atoms with Gasteiger partial charge in [-0.3, -0.25) is 9.59 Å². The number of aliphatic hydroxyl groups is 4. The molecule has 232 valence electrons. The zero-order chi connectivity index (χ0) is 30.8. The number of carboxylic acid groups (broad SMARTS) is 1. The highest BCUT2D eigenvalue weighted by Crippen LogP contribution is 2.38. The zero-order valence-electron chi connectivity index (χ0n) is 22.9. The fraction of sp³-hybridized carbons (Fsp3) is 0.640. The second kappa shape index (κ2) is 13.0. The number of benzene rings is 1. The van der Waals surface area contributed by atoms with E-state index < -0.39 is 84.9 Å². The van der Waals surface area contributed by atoms with Crippen molar-refractivity contribution >= 4 is 17.8 Å². The van der Waals surface area contributed by atoms with Crippen LogP contribution in [0.3, 0.4) is 0 Å². The summed E-state index contributed by atoms with van der Waals surface area (Å²) in [5.74, 6) is -2.79. The Morgan fingerprint density at radius 1 is 0.833 bits per heavy atom. The van der Waals surface area contributed by atoms with Gasteiger partial charge in [0.05, 0.1) is 0 Å². The number of ether oxygens (including phenoxy) is 5. The molecule has 17 heteroatoms. The van der Waals surface area contributed by atoms with E-state index in [9.17, 15) is 39.9 Å². The number of carbonyl (C=O) groups is 3. The summed E-state index contributed by atoms with van der Waals surface area (Å²) in [6.07, 6.45) is -17.1. The molecule has 3 heterocycles. The topological polar surface area (TPSA) is 247 Å². The number of rotatable bonds is 11. The van der Waals surface area contributed by atoms with Crippen LogP contribution in [0.5, 0.6) is 0 Å². The number of methoxy groups -OCH3 is 2. The van der Waals surface area contributed by atoms with E-state index in [1.54, 1.807) is 24.3 Å². The van der Waals surface area contributed by atoms with Gasteiger partial charge in [-0.2, -0.15) is 10.2 Å². The molecule has 10 atom stereocenters. The SMILES string of the molecule is COC1OC(C(=O)NCCNC(=O)c2ccc(C3(C)N=N3)cc2)C(OC2OC(C(=O)O)C(OC)C(O)C2O)C(O)C1O. The highest BCUT2D eigenvalue weighted by molar-refractivity contribution is 5.94. The van der Waals surface area contributed by atoms with E-state index in [2.05, 4.69) is 20.9 Å². The summed E-state index contributed by atoms with van der Waals surface area (Å²) in [5.41, 5.74) is 0.649. The van der Waals surface area contributed by atoms with Crippen LogP contribution in [0.2, 0.25) is 0 Å². The summed E-state index contributed by atoms with van der Waals surface area (Å²) in [4.78, 5) is 37.2. The number of hydrogen-bond donors (Lipinski definition) is 7. The Bertz CT molecular complexity index is 1160. The second-order valence-electron chi connectivity index (χ2n) is 10.0. The molecule has 10 unspecified atom stereocenters. The monoisotopic (exact) mass is 598 g/mol. The molecular weight excluding hydrogens is 564 g/mol. The van der Waals surface area contributed by atoms with Gasteiger partial charge >= 0.3 is 5.97 Å². The number of aliphatic hydroxyl groups excluding tert-OH is 4. The van der Waals surface area contributed by atoms with E-state index in [1.165, 1.54) is 7.11 Å². The number of carbonyl (C=O) groups excluding carboxylic acids is 2. The zero-order valence-corrected chi connectivity index (χ0v) is 22.9. The van der Waals surface area contributed by atoms with Gasteiger partial charge < -0.3 is 59.9 Å². The number of hydrogen-bond acceptors (Lipinski definition) is 14. The summed E-state index contributed by atoms with van der Waals surface area (Å²) in [6, 6.07) is 6.72. The molecule has 1 aromatic rings. The van der Waals surface area contributed by atoms with Crippen molar-refractivity contribution < 1.29 is 63.6 Å². The van der Waals surface area contributed by atoms with Crippen molar-refractivity contribution in [2.75, 3.05) is 27.3 Å². The lowest BCUT2D eigenvalue weighted by Gasteiger charge is -2.45. The van der Waals surface area contributed by atoms with Crippen LogP contribution in [0.1, 0.15) is 22.8 Å². The third-order valence-electron chi connectivity index (χ3n) is 7.19. The van der Waals surface area contributed by atoms with Crippen molar-refractivity contribution in [2.24, 2.45) is 10.2 Å². The molecule has 2 amide bonds. The van der Waals surface area contributed by atoms with Crippen molar-refractivity contribution in [3.63, 3.8) is 0 Å². The molecule has 2 saturated heterocycles.